The van der Waals surface area contributed by atoms with E-state index >= 15 is 0 Å². The summed E-state index contributed by atoms with van der Waals surface area (Å²) in [6.45, 7) is 0.237. The molecule has 15 heavy (non-hydrogen) atoms. The van der Waals surface area contributed by atoms with E-state index in [1.165, 1.54) is 0 Å². The van der Waals surface area contributed by atoms with Crippen molar-refractivity contribution in [3.8, 4) is 5.75 Å². The van der Waals surface area contributed by atoms with Crippen LogP contribution in [0.25, 0.3) is 0 Å². The van der Waals surface area contributed by atoms with Crippen LogP contribution in [-0.2, 0) is 6.42 Å². The van der Waals surface area contributed by atoms with Crippen molar-refractivity contribution in [3.05, 3.63) is 28.8 Å². The van der Waals surface area contributed by atoms with Gasteiger partial charge in [0.25, 0.3) is 0 Å². The molecule has 0 aliphatic heterocycles. The lowest BCUT2D eigenvalue weighted by Gasteiger charge is -2.15. The second-order valence-corrected chi connectivity index (χ2v) is 4.66. The van der Waals surface area contributed by atoms with Gasteiger partial charge in [-0.2, -0.15) is 0 Å². The van der Waals surface area contributed by atoms with Crippen LogP contribution in [0.2, 0.25) is 5.02 Å². The van der Waals surface area contributed by atoms with Crippen LogP contribution in [0, 0.1) is 5.41 Å². The molecule has 0 spiro atoms. The third kappa shape index (κ3) is 2.11. The maximum absolute atomic E-state index is 9.29. The summed E-state index contributed by atoms with van der Waals surface area (Å²) >= 11 is 6.14. The van der Waals surface area contributed by atoms with Gasteiger partial charge in [0.1, 0.15) is 5.75 Å². The van der Waals surface area contributed by atoms with Crippen LogP contribution < -0.4 is 4.74 Å². The fourth-order valence-corrected chi connectivity index (χ4v) is 2.08. The van der Waals surface area contributed by atoms with E-state index < -0.39 is 0 Å². The van der Waals surface area contributed by atoms with Crippen LogP contribution in [0.5, 0.6) is 5.75 Å². The molecule has 2 nitrogen and oxygen atoms in total. The van der Waals surface area contributed by atoms with Crippen molar-refractivity contribution in [2.24, 2.45) is 5.41 Å². The molecule has 1 N–H and O–H groups in total. The molecule has 0 heterocycles. The Morgan fingerprint density at radius 2 is 2.20 bits per heavy atom. The minimum Gasteiger partial charge on any atom is -0.496 e. The number of ether oxygens (including phenoxy) is 1. The normalized spacial score (nSPS) is 17.5. The molecular weight excluding hydrogens is 212 g/mol. The number of aliphatic hydroxyl groups is 1. The summed E-state index contributed by atoms with van der Waals surface area (Å²) in [5, 5.41) is 10.0. The van der Waals surface area contributed by atoms with Gasteiger partial charge in [0.2, 0.25) is 0 Å². The lowest BCUT2D eigenvalue weighted by Crippen LogP contribution is -2.11. The van der Waals surface area contributed by atoms with Gasteiger partial charge in [-0.25, -0.2) is 0 Å². The Kier molecular flexibility index (Phi) is 2.89. The highest BCUT2D eigenvalue weighted by Gasteiger charge is 2.42. The zero-order valence-corrected chi connectivity index (χ0v) is 9.55. The molecule has 0 saturated heterocycles. The second kappa shape index (κ2) is 4.03. The van der Waals surface area contributed by atoms with Gasteiger partial charge in [0, 0.05) is 17.2 Å². The minimum atomic E-state index is 0.0677. The highest BCUT2D eigenvalue weighted by atomic mass is 35.5. The van der Waals surface area contributed by atoms with Crippen molar-refractivity contribution in [3.63, 3.8) is 0 Å². The monoisotopic (exact) mass is 226 g/mol. The molecule has 0 atom stereocenters. The zero-order valence-electron chi connectivity index (χ0n) is 8.79. The summed E-state index contributed by atoms with van der Waals surface area (Å²) in [7, 11) is 1.65. The second-order valence-electron chi connectivity index (χ2n) is 4.26. The van der Waals surface area contributed by atoms with Crippen LogP contribution in [-0.4, -0.2) is 18.8 Å². The lowest BCUT2D eigenvalue weighted by molar-refractivity contribution is 0.210. The van der Waals surface area contributed by atoms with E-state index in [0.717, 1.165) is 35.6 Å². The Morgan fingerprint density at radius 1 is 1.47 bits per heavy atom. The highest BCUT2D eigenvalue weighted by Crippen LogP contribution is 2.49. The van der Waals surface area contributed by atoms with Crippen LogP contribution in [0.3, 0.4) is 0 Å². The predicted octanol–water partition coefficient (Wildman–Crippen LogP) is 2.66. The first kappa shape index (κ1) is 10.8. The third-order valence-corrected chi connectivity index (χ3v) is 3.49. The number of aliphatic hydroxyl groups excluding tert-OH is 1. The number of benzene rings is 1. The topological polar surface area (TPSA) is 29.5 Å². The van der Waals surface area contributed by atoms with Gasteiger partial charge < -0.3 is 9.84 Å². The first-order valence-electron chi connectivity index (χ1n) is 5.13. The van der Waals surface area contributed by atoms with Gasteiger partial charge in [-0.15, -0.1) is 0 Å². The molecule has 82 valence electrons. The van der Waals surface area contributed by atoms with Gasteiger partial charge in [-0.3, -0.25) is 0 Å². The molecule has 1 aliphatic carbocycles. The Hall–Kier alpha value is -0.730. The van der Waals surface area contributed by atoms with Gasteiger partial charge in [0.05, 0.1) is 7.11 Å². The van der Waals surface area contributed by atoms with Crippen molar-refractivity contribution < 1.29 is 9.84 Å². The molecule has 1 aromatic rings. The third-order valence-electron chi connectivity index (χ3n) is 3.14. The average molecular weight is 227 g/mol. The molecule has 0 radical (unpaired) electrons. The van der Waals surface area contributed by atoms with Gasteiger partial charge in [-0.05, 0) is 36.8 Å². The van der Waals surface area contributed by atoms with Crippen LogP contribution in [0.4, 0.5) is 0 Å². The van der Waals surface area contributed by atoms with Crippen molar-refractivity contribution in [1.82, 2.24) is 0 Å². The minimum absolute atomic E-state index is 0.0677. The first-order valence-corrected chi connectivity index (χ1v) is 5.51. The Balaban J connectivity index is 2.26. The van der Waals surface area contributed by atoms with E-state index in [9.17, 15) is 5.11 Å². The number of hydrogen-bond acceptors (Lipinski definition) is 2. The van der Waals surface area contributed by atoms with Crippen molar-refractivity contribution in [1.29, 1.82) is 0 Å². The lowest BCUT2D eigenvalue weighted by atomic mass is 9.97. The summed E-state index contributed by atoms with van der Waals surface area (Å²) < 4.78 is 5.28. The molecule has 0 unspecified atom stereocenters. The molecule has 3 heteroatoms. The summed E-state index contributed by atoms with van der Waals surface area (Å²) in [4.78, 5) is 0. The Morgan fingerprint density at radius 3 is 2.73 bits per heavy atom. The van der Waals surface area contributed by atoms with E-state index in [0.29, 0.717) is 0 Å². The molecule has 0 bridgehead atoms. The Labute approximate surface area is 94.8 Å². The van der Waals surface area contributed by atoms with E-state index in [-0.39, 0.29) is 12.0 Å². The van der Waals surface area contributed by atoms with Gasteiger partial charge >= 0.3 is 0 Å². The molecule has 0 aromatic heterocycles. The van der Waals surface area contributed by atoms with Gasteiger partial charge in [-0.1, -0.05) is 17.7 Å². The van der Waals surface area contributed by atoms with Crippen molar-refractivity contribution in [2.45, 2.75) is 19.3 Å². The van der Waals surface area contributed by atoms with E-state index in [2.05, 4.69) is 0 Å². The quantitative estimate of drug-likeness (QED) is 0.856. The smallest absolute Gasteiger partial charge is 0.123 e. The molecule has 2 rings (SSSR count). The maximum Gasteiger partial charge on any atom is 0.123 e. The number of hydrogen-bond donors (Lipinski definition) is 1. The maximum atomic E-state index is 9.29. The summed E-state index contributed by atoms with van der Waals surface area (Å²) in [5.74, 6) is 0.822. The molecular formula is C12H15ClO2. The summed E-state index contributed by atoms with van der Waals surface area (Å²) in [6, 6.07) is 5.66. The molecule has 0 amide bonds. The highest BCUT2D eigenvalue weighted by molar-refractivity contribution is 6.31. The Bertz CT molecular complexity index is 359. The molecule has 1 aromatic carbocycles. The van der Waals surface area contributed by atoms with E-state index in [1.807, 2.05) is 18.2 Å². The number of rotatable bonds is 4. The SMILES string of the molecule is COc1cccc(Cl)c1CC1(CO)CC1. The van der Waals surface area contributed by atoms with Crippen LogP contribution in [0.1, 0.15) is 18.4 Å². The van der Waals surface area contributed by atoms with E-state index in [1.54, 1.807) is 7.11 Å². The largest absolute Gasteiger partial charge is 0.496 e. The van der Waals surface area contributed by atoms with E-state index in [4.69, 9.17) is 16.3 Å². The fraction of sp³-hybridized carbons (Fsp3) is 0.500. The van der Waals surface area contributed by atoms with Crippen molar-refractivity contribution >= 4 is 11.6 Å². The average Bonchev–Trinajstić information content (AvgIpc) is 3.02. The molecule has 1 saturated carbocycles. The zero-order chi connectivity index (χ0) is 10.9. The summed E-state index contributed by atoms with van der Waals surface area (Å²) in [5.41, 5.74) is 1.09. The predicted molar refractivity (Wildman–Crippen MR) is 60.5 cm³/mol. The fourth-order valence-electron chi connectivity index (χ4n) is 1.84. The number of methoxy groups -OCH3 is 1. The standard InChI is InChI=1S/C12H15ClO2/c1-15-11-4-2-3-10(13)9(11)7-12(8-14)5-6-12/h2-4,14H,5-8H2,1H3. The first-order chi connectivity index (χ1) is 7.21. The summed E-state index contributed by atoms with van der Waals surface area (Å²) in [6.07, 6.45) is 2.97. The van der Waals surface area contributed by atoms with Gasteiger partial charge in [0.15, 0.2) is 0 Å². The van der Waals surface area contributed by atoms with Crippen LogP contribution >= 0.6 is 11.6 Å². The van der Waals surface area contributed by atoms with Crippen LogP contribution in [0.15, 0.2) is 18.2 Å². The number of halogens is 1. The molecule has 1 aliphatic rings. The molecule has 1 fully saturated rings. The van der Waals surface area contributed by atoms with Crippen molar-refractivity contribution in [2.75, 3.05) is 13.7 Å².